The molecule has 2 N–H and O–H groups in total. The number of piperidine rings is 1. The summed E-state index contributed by atoms with van der Waals surface area (Å²) in [5, 5.41) is 6.32. The summed E-state index contributed by atoms with van der Waals surface area (Å²) in [6.07, 6.45) is 5.64. The van der Waals surface area contributed by atoms with Crippen molar-refractivity contribution in [1.29, 1.82) is 0 Å². The van der Waals surface area contributed by atoms with Crippen molar-refractivity contribution in [2.45, 2.75) is 50.2 Å². The molecule has 2 heterocycles. The molecule has 0 spiro atoms. The molecule has 0 saturated carbocycles. The SMILES string of the molecule is CNC(=O)Cc1ccc(NC2CC3CCC(C2)N3C)cc1. The number of hydrogen-bond acceptors (Lipinski definition) is 3. The molecule has 2 unspecified atom stereocenters. The van der Waals surface area contributed by atoms with Crippen LogP contribution in [0.15, 0.2) is 24.3 Å². The van der Waals surface area contributed by atoms with Crippen molar-refractivity contribution in [2.75, 3.05) is 19.4 Å². The van der Waals surface area contributed by atoms with Gasteiger partial charge in [0.15, 0.2) is 0 Å². The van der Waals surface area contributed by atoms with Crippen LogP contribution in [-0.2, 0) is 11.2 Å². The van der Waals surface area contributed by atoms with E-state index in [0.29, 0.717) is 12.5 Å². The lowest BCUT2D eigenvalue weighted by molar-refractivity contribution is -0.119. The van der Waals surface area contributed by atoms with E-state index in [1.807, 2.05) is 12.1 Å². The number of nitrogens with one attached hydrogen (secondary N) is 2. The molecule has 2 fully saturated rings. The summed E-state index contributed by atoms with van der Waals surface area (Å²) in [5.41, 5.74) is 2.23. The number of carbonyl (C=O) groups excluding carboxylic acids is 1. The predicted molar refractivity (Wildman–Crippen MR) is 85.4 cm³/mol. The van der Waals surface area contributed by atoms with Gasteiger partial charge in [-0.15, -0.1) is 0 Å². The van der Waals surface area contributed by atoms with Crippen LogP contribution in [0.2, 0.25) is 0 Å². The minimum Gasteiger partial charge on any atom is -0.382 e. The Kier molecular flexibility index (Phi) is 4.15. The number of hydrogen-bond donors (Lipinski definition) is 2. The second kappa shape index (κ2) is 6.06. The first-order valence-corrected chi connectivity index (χ1v) is 7.93. The van der Waals surface area contributed by atoms with Crippen LogP contribution in [0.1, 0.15) is 31.2 Å². The molecule has 2 aliphatic heterocycles. The topological polar surface area (TPSA) is 44.4 Å². The van der Waals surface area contributed by atoms with Gasteiger partial charge < -0.3 is 15.5 Å². The van der Waals surface area contributed by atoms with Gasteiger partial charge in [0.05, 0.1) is 6.42 Å². The number of amides is 1. The van der Waals surface area contributed by atoms with E-state index < -0.39 is 0 Å². The van der Waals surface area contributed by atoms with E-state index in [2.05, 4.69) is 34.7 Å². The molecule has 4 nitrogen and oxygen atoms in total. The molecule has 21 heavy (non-hydrogen) atoms. The quantitative estimate of drug-likeness (QED) is 0.890. The zero-order valence-corrected chi connectivity index (χ0v) is 12.9. The molecular formula is C17H25N3O. The van der Waals surface area contributed by atoms with Gasteiger partial charge in [-0.2, -0.15) is 0 Å². The van der Waals surface area contributed by atoms with Crippen LogP contribution in [0, 0.1) is 0 Å². The van der Waals surface area contributed by atoms with Gasteiger partial charge in [0.1, 0.15) is 0 Å². The molecule has 2 bridgehead atoms. The van der Waals surface area contributed by atoms with Gasteiger partial charge >= 0.3 is 0 Å². The van der Waals surface area contributed by atoms with E-state index in [-0.39, 0.29) is 5.91 Å². The molecule has 1 amide bonds. The van der Waals surface area contributed by atoms with Gasteiger partial charge in [0, 0.05) is 30.9 Å². The number of benzene rings is 1. The monoisotopic (exact) mass is 287 g/mol. The van der Waals surface area contributed by atoms with Crippen molar-refractivity contribution in [3.05, 3.63) is 29.8 Å². The van der Waals surface area contributed by atoms with Crippen molar-refractivity contribution in [3.8, 4) is 0 Å². The molecule has 1 aromatic carbocycles. The standard InChI is InChI=1S/C17H25N3O/c1-18-17(21)9-12-3-5-13(6-4-12)19-14-10-15-7-8-16(11-14)20(15)2/h3-6,14-16,19H,7-11H2,1-2H3,(H,18,21). The van der Waals surface area contributed by atoms with Crippen molar-refractivity contribution < 1.29 is 4.79 Å². The number of nitrogens with zero attached hydrogens (tertiary/aromatic N) is 1. The number of fused-ring (bicyclic) bond motifs is 2. The Balaban J connectivity index is 1.57. The maximum Gasteiger partial charge on any atom is 0.224 e. The van der Waals surface area contributed by atoms with Crippen LogP contribution < -0.4 is 10.6 Å². The molecule has 3 rings (SSSR count). The second-order valence-corrected chi connectivity index (χ2v) is 6.41. The van der Waals surface area contributed by atoms with E-state index in [9.17, 15) is 4.79 Å². The highest BCUT2D eigenvalue weighted by atomic mass is 16.1. The Morgan fingerprint density at radius 2 is 1.81 bits per heavy atom. The van der Waals surface area contributed by atoms with E-state index in [0.717, 1.165) is 17.6 Å². The largest absolute Gasteiger partial charge is 0.382 e. The molecule has 0 aliphatic carbocycles. The third-order valence-electron chi connectivity index (χ3n) is 5.07. The average molecular weight is 287 g/mol. The highest BCUT2D eigenvalue weighted by Crippen LogP contribution is 2.35. The first-order chi connectivity index (χ1) is 10.2. The fourth-order valence-electron chi connectivity index (χ4n) is 3.76. The first-order valence-electron chi connectivity index (χ1n) is 7.93. The maximum atomic E-state index is 11.4. The Morgan fingerprint density at radius 3 is 2.38 bits per heavy atom. The number of anilines is 1. The zero-order chi connectivity index (χ0) is 14.8. The normalized spacial score (nSPS) is 28.4. The summed E-state index contributed by atoms with van der Waals surface area (Å²) < 4.78 is 0. The van der Waals surface area contributed by atoms with E-state index in [1.54, 1.807) is 7.05 Å². The van der Waals surface area contributed by atoms with Gasteiger partial charge in [-0.05, 0) is 50.4 Å². The third kappa shape index (κ3) is 3.21. The molecule has 1 aromatic rings. The lowest BCUT2D eigenvalue weighted by Crippen LogP contribution is -2.44. The van der Waals surface area contributed by atoms with Crippen molar-refractivity contribution in [1.82, 2.24) is 10.2 Å². The van der Waals surface area contributed by atoms with E-state index in [4.69, 9.17) is 0 Å². The van der Waals surface area contributed by atoms with Gasteiger partial charge in [-0.1, -0.05) is 12.1 Å². The Bertz CT molecular complexity index is 485. The first kappa shape index (κ1) is 14.4. The van der Waals surface area contributed by atoms with Crippen LogP contribution >= 0.6 is 0 Å². The average Bonchev–Trinajstić information content (AvgIpc) is 2.71. The molecule has 2 saturated heterocycles. The van der Waals surface area contributed by atoms with Crippen LogP contribution in [-0.4, -0.2) is 43.0 Å². The number of carbonyl (C=O) groups is 1. The van der Waals surface area contributed by atoms with Gasteiger partial charge in [0.2, 0.25) is 5.91 Å². The zero-order valence-electron chi connectivity index (χ0n) is 12.9. The molecular weight excluding hydrogens is 262 g/mol. The van der Waals surface area contributed by atoms with E-state index in [1.165, 1.54) is 31.4 Å². The van der Waals surface area contributed by atoms with Crippen molar-refractivity contribution >= 4 is 11.6 Å². The number of rotatable bonds is 4. The molecule has 4 heteroatoms. The van der Waals surface area contributed by atoms with Crippen LogP contribution in [0.4, 0.5) is 5.69 Å². The summed E-state index contributed by atoms with van der Waals surface area (Å²) in [6, 6.07) is 10.4. The maximum absolute atomic E-state index is 11.4. The summed E-state index contributed by atoms with van der Waals surface area (Å²) in [7, 11) is 3.94. The summed E-state index contributed by atoms with van der Waals surface area (Å²) in [6.45, 7) is 0. The Labute approximate surface area is 126 Å². The minimum absolute atomic E-state index is 0.0580. The third-order valence-corrected chi connectivity index (χ3v) is 5.07. The Morgan fingerprint density at radius 1 is 1.19 bits per heavy atom. The molecule has 114 valence electrons. The van der Waals surface area contributed by atoms with Gasteiger partial charge in [-0.25, -0.2) is 0 Å². The van der Waals surface area contributed by atoms with Crippen molar-refractivity contribution in [3.63, 3.8) is 0 Å². The minimum atomic E-state index is 0.0580. The molecule has 0 aromatic heterocycles. The van der Waals surface area contributed by atoms with Crippen LogP contribution in [0.25, 0.3) is 0 Å². The summed E-state index contributed by atoms with van der Waals surface area (Å²) in [4.78, 5) is 13.9. The fourth-order valence-corrected chi connectivity index (χ4v) is 3.76. The lowest BCUT2D eigenvalue weighted by Gasteiger charge is -2.37. The number of likely N-dealkylation sites (N-methyl/N-ethyl adjacent to an activating group) is 1. The van der Waals surface area contributed by atoms with Crippen LogP contribution in [0.3, 0.4) is 0 Å². The van der Waals surface area contributed by atoms with Gasteiger partial charge in [-0.3, -0.25) is 4.79 Å². The Hall–Kier alpha value is -1.55. The highest BCUT2D eigenvalue weighted by molar-refractivity contribution is 5.78. The van der Waals surface area contributed by atoms with Crippen molar-refractivity contribution in [2.24, 2.45) is 0 Å². The van der Waals surface area contributed by atoms with Crippen LogP contribution in [0.5, 0.6) is 0 Å². The lowest BCUT2D eigenvalue weighted by atomic mass is 9.97. The predicted octanol–water partition coefficient (Wildman–Crippen LogP) is 2.01. The molecule has 2 aliphatic rings. The smallest absolute Gasteiger partial charge is 0.224 e. The van der Waals surface area contributed by atoms with E-state index >= 15 is 0 Å². The van der Waals surface area contributed by atoms with Gasteiger partial charge in [0.25, 0.3) is 0 Å². The summed E-state index contributed by atoms with van der Waals surface area (Å²) >= 11 is 0. The molecule has 0 radical (unpaired) electrons. The molecule has 2 atom stereocenters. The fraction of sp³-hybridized carbons (Fsp3) is 0.588. The second-order valence-electron chi connectivity index (χ2n) is 6.41. The summed E-state index contributed by atoms with van der Waals surface area (Å²) in [5.74, 6) is 0.0580. The highest BCUT2D eigenvalue weighted by Gasteiger charge is 2.38.